The predicted octanol–water partition coefficient (Wildman–Crippen LogP) is 2.25. The fourth-order valence-electron chi connectivity index (χ4n) is 2.24. The van der Waals surface area contributed by atoms with Crippen LogP contribution in [0.2, 0.25) is 5.02 Å². The van der Waals surface area contributed by atoms with Crippen molar-refractivity contribution in [3.05, 3.63) is 34.9 Å². The monoisotopic (exact) mass is 296 g/mol. The Balaban J connectivity index is 2.03. The van der Waals surface area contributed by atoms with Crippen molar-refractivity contribution >= 4 is 23.6 Å². The summed E-state index contributed by atoms with van der Waals surface area (Å²) in [6, 6.07) is 6.90. The summed E-state index contributed by atoms with van der Waals surface area (Å²) in [5, 5.41) is 0.543. The summed E-state index contributed by atoms with van der Waals surface area (Å²) in [6.45, 7) is 2.21. The second kappa shape index (κ2) is 6.61. The zero-order valence-corrected chi connectivity index (χ0v) is 12.1. The third-order valence-corrected chi connectivity index (χ3v) is 3.52. The second-order valence-corrected chi connectivity index (χ2v) is 5.05. The molecule has 1 saturated heterocycles. The number of hydrogen-bond acceptors (Lipinski definition) is 3. The number of benzene rings is 1. The molecule has 0 spiro atoms. The highest BCUT2D eigenvalue weighted by Gasteiger charge is 2.23. The van der Waals surface area contributed by atoms with Crippen LogP contribution in [0.1, 0.15) is 16.8 Å². The van der Waals surface area contributed by atoms with Crippen LogP contribution in [0.4, 0.5) is 4.79 Å². The molecule has 108 valence electrons. The van der Waals surface area contributed by atoms with Gasteiger partial charge in [-0.15, -0.1) is 0 Å². The Hall–Kier alpha value is -1.75. The van der Waals surface area contributed by atoms with Crippen molar-refractivity contribution in [3.63, 3.8) is 0 Å². The lowest BCUT2D eigenvalue weighted by Gasteiger charge is -2.21. The number of rotatable bonds is 1. The van der Waals surface area contributed by atoms with Gasteiger partial charge in [0.25, 0.3) is 5.91 Å². The van der Waals surface area contributed by atoms with Crippen molar-refractivity contribution in [2.75, 3.05) is 33.3 Å². The van der Waals surface area contributed by atoms with E-state index in [0.29, 0.717) is 36.8 Å². The van der Waals surface area contributed by atoms with Gasteiger partial charge in [0.1, 0.15) is 0 Å². The molecule has 0 radical (unpaired) electrons. The van der Waals surface area contributed by atoms with Crippen molar-refractivity contribution in [2.24, 2.45) is 0 Å². The molecule has 0 aliphatic carbocycles. The average molecular weight is 297 g/mol. The molecule has 0 saturated carbocycles. The highest BCUT2D eigenvalue weighted by molar-refractivity contribution is 6.30. The van der Waals surface area contributed by atoms with E-state index in [2.05, 4.69) is 0 Å². The van der Waals surface area contributed by atoms with E-state index in [1.807, 2.05) is 0 Å². The fraction of sp³-hybridized carbons (Fsp3) is 0.429. The maximum absolute atomic E-state index is 12.4. The minimum absolute atomic E-state index is 0.0563. The van der Waals surface area contributed by atoms with Gasteiger partial charge in [-0.1, -0.05) is 17.7 Å². The van der Waals surface area contributed by atoms with Crippen LogP contribution in [-0.2, 0) is 4.74 Å². The molecule has 1 aromatic carbocycles. The van der Waals surface area contributed by atoms with E-state index in [-0.39, 0.29) is 12.0 Å². The molecule has 1 aromatic rings. The minimum Gasteiger partial charge on any atom is -0.453 e. The number of carbonyl (C=O) groups is 2. The molecular formula is C14H17ClN2O3. The summed E-state index contributed by atoms with van der Waals surface area (Å²) in [6.07, 6.45) is 0.392. The molecule has 20 heavy (non-hydrogen) atoms. The third kappa shape index (κ3) is 3.42. The number of methoxy groups -OCH3 is 1. The first-order valence-corrected chi connectivity index (χ1v) is 6.87. The Labute approximate surface area is 123 Å². The third-order valence-electron chi connectivity index (χ3n) is 3.29. The van der Waals surface area contributed by atoms with Crippen LogP contribution in [0, 0.1) is 0 Å². The zero-order valence-electron chi connectivity index (χ0n) is 11.3. The summed E-state index contributed by atoms with van der Waals surface area (Å²) >= 11 is 5.90. The van der Waals surface area contributed by atoms with Crippen LogP contribution >= 0.6 is 11.6 Å². The van der Waals surface area contributed by atoms with Crippen LogP contribution < -0.4 is 0 Å². The first-order valence-electron chi connectivity index (χ1n) is 6.49. The van der Waals surface area contributed by atoms with E-state index in [1.54, 1.807) is 34.1 Å². The lowest BCUT2D eigenvalue weighted by molar-refractivity contribution is 0.0757. The van der Waals surface area contributed by atoms with Crippen LogP contribution in [0.25, 0.3) is 0 Å². The van der Waals surface area contributed by atoms with E-state index in [9.17, 15) is 9.59 Å². The molecule has 1 aliphatic heterocycles. The minimum atomic E-state index is -0.345. The number of ether oxygens (including phenoxy) is 1. The maximum Gasteiger partial charge on any atom is 0.409 e. The van der Waals surface area contributed by atoms with Crippen molar-refractivity contribution in [2.45, 2.75) is 6.42 Å². The molecule has 0 bridgehead atoms. The van der Waals surface area contributed by atoms with Crippen molar-refractivity contribution in [1.82, 2.24) is 9.80 Å². The van der Waals surface area contributed by atoms with Crippen LogP contribution in [0.5, 0.6) is 0 Å². The lowest BCUT2D eigenvalue weighted by Crippen LogP contribution is -2.37. The van der Waals surface area contributed by atoms with Gasteiger partial charge >= 0.3 is 6.09 Å². The first-order chi connectivity index (χ1) is 9.61. The number of amides is 2. The normalized spacial score (nSPS) is 15.7. The van der Waals surface area contributed by atoms with Gasteiger partial charge in [-0.05, 0) is 24.6 Å². The lowest BCUT2D eigenvalue weighted by atomic mass is 10.2. The molecule has 0 atom stereocenters. The summed E-state index contributed by atoms with van der Waals surface area (Å²) in [5.41, 5.74) is 0.573. The number of nitrogens with zero attached hydrogens (tertiary/aromatic N) is 2. The van der Waals surface area contributed by atoms with Crippen LogP contribution in [0.3, 0.4) is 0 Å². The van der Waals surface area contributed by atoms with Crippen molar-refractivity contribution in [1.29, 1.82) is 0 Å². The molecule has 1 fully saturated rings. The topological polar surface area (TPSA) is 49.9 Å². The van der Waals surface area contributed by atoms with E-state index >= 15 is 0 Å². The fourth-order valence-corrected chi connectivity index (χ4v) is 2.43. The Morgan fingerprint density at radius 3 is 2.55 bits per heavy atom. The zero-order chi connectivity index (χ0) is 14.5. The molecule has 0 N–H and O–H groups in total. The first kappa shape index (κ1) is 14.7. The average Bonchev–Trinajstić information content (AvgIpc) is 2.71. The standard InChI is InChI=1S/C14H17ClN2O3/c1-20-14(19)17-7-3-6-16(8-9-17)13(18)11-4-2-5-12(15)10-11/h2,4-5,10H,3,6-9H2,1H3. The number of carbonyl (C=O) groups excluding carboxylic acids is 2. The maximum atomic E-state index is 12.4. The summed E-state index contributed by atoms with van der Waals surface area (Å²) in [7, 11) is 1.36. The Bertz CT molecular complexity index is 507. The van der Waals surface area contributed by atoms with Crippen LogP contribution in [-0.4, -0.2) is 55.1 Å². The van der Waals surface area contributed by atoms with Gasteiger partial charge in [0, 0.05) is 36.8 Å². The quantitative estimate of drug-likeness (QED) is 0.799. The highest BCUT2D eigenvalue weighted by Crippen LogP contribution is 2.14. The molecule has 2 rings (SSSR count). The molecule has 6 heteroatoms. The van der Waals surface area contributed by atoms with E-state index in [4.69, 9.17) is 16.3 Å². The van der Waals surface area contributed by atoms with Crippen molar-refractivity contribution < 1.29 is 14.3 Å². The van der Waals surface area contributed by atoms with E-state index < -0.39 is 0 Å². The number of halogens is 1. The van der Waals surface area contributed by atoms with Gasteiger partial charge in [-0.3, -0.25) is 4.79 Å². The predicted molar refractivity (Wildman–Crippen MR) is 76.0 cm³/mol. The van der Waals surface area contributed by atoms with Gasteiger partial charge in [0.2, 0.25) is 0 Å². The molecule has 0 aromatic heterocycles. The Kier molecular flexibility index (Phi) is 4.84. The summed E-state index contributed by atoms with van der Waals surface area (Å²) in [4.78, 5) is 27.2. The summed E-state index contributed by atoms with van der Waals surface area (Å²) in [5.74, 6) is -0.0563. The molecule has 1 aliphatic rings. The smallest absolute Gasteiger partial charge is 0.409 e. The van der Waals surface area contributed by atoms with Gasteiger partial charge in [0.05, 0.1) is 7.11 Å². The molecule has 1 heterocycles. The largest absolute Gasteiger partial charge is 0.453 e. The van der Waals surface area contributed by atoms with E-state index in [1.165, 1.54) is 7.11 Å². The van der Waals surface area contributed by atoms with Gasteiger partial charge in [-0.25, -0.2) is 4.79 Å². The molecule has 0 unspecified atom stereocenters. The van der Waals surface area contributed by atoms with Gasteiger partial charge in [0.15, 0.2) is 0 Å². The van der Waals surface area contributed by atoms with E-state index in [0.717, 1.165) is 6.42 Å². The second-order valence-electron chi connectivity index (χ2n) is 4.61. The van der Waals surface area contributed by atoms with Crippen LogP contribution in [0.15, 0.2) is 24.3 Å². The van der Waals surface area contributed by atoms with Gasteiger partial charge < -0.3 is 14.5 Å². The molecule has 2 amide bonds. The summed E-state index contributed by atoms with van der Waals surface area (Å²) < 4.78 is 4.71. The SMILES string of the molecule is COC(=O)N1CCCN(C(=O)c2cccc(Cl)c2)CC1. The van der Waals surface area contributed by atoms with Gasteiger partial charge in [-0.2, -0.15) is 0 Å². The Morgan fingerprint density at radius 1 is 1.15 bits per heavy atom. The molecular weight excluding hydrogens is 280 g/mol. The Morgan fingerprint density at radius 2 is 1.85 bits per heavy atom. The number of hydrogen-bond donors (Lipinski definition) is 0. The van der Waals surface area contributed by atoms with Crippen molar-refractivity contribution in [3.8, 4) is 0 Å². The highest BCUT2D eigenvalue weighted by atomic mass is 35.5. The molecule has 5 nitrogen and oxygen atoms in total.